The van der Waals surface area contributed by atoms with E-state index < -0.39 is 5.82 Å². The van der Waals surface area contributed by atoms with Gasteiger partial charge < -0.3 is 11.1 Å². The van der Waals surface area contributed by atoms with Crippen molar-refractivity contribution in [2.24, 2.45) is 5.73 Å². The minimum absolute atomic E-state index is 0.131. The van der Waals surface area contributed by atoms with Crippen molar-refractivity contribution in [2.45, 2.75) is 6.54 Å². The fourth-order valence-corrected chi connectivity index (χ4v) is 2.23. The van der Waals surface area contributed by atoms with Gasteiger partial charge >= 0.3 is 0 Å². The van der Waals surface area contributed by atoms with E-state index in [-0.39, 0.29) is 12.5 Å². The largest absolute Gasteiger partial charge is 0.325 e. The van der Waals surface area contributed by atoms with Gasteiger partial charge in [-0.15, -0.1) is 0 Å². The van der Waals surface area contributed by atoms with E-state index in [2.05, 4.69) is 10.4 Å². The first-order valence-electron chi connectivity index (χ1n) is 7.08. The number of nitrogens with one attached hydrogen (secondary N) is 1. The monoisotopic (exact) mass is 310 g/mol. The van der Waals surface area contributed by atoms with E-state index in [9.17, 15) is 9.18 Å². The molecule has 0 unspecified atom stereocenters. The molecule has 0 saturated carbocycles. The molecule has 0 radical (unpaired) electrons. The minimum atomic E-state index is -0.415. The van der Waals surface area contributed by atoms with Crippen LogP contribution in [0, 0.1) is 5.82 Å². The van der Waals surface area contributed by atoms with Gasteiger partial charge in [-0.3, -0.25) is 4.79 Å². The Bertz CT molecular complexity index is 830. The summed E-state index contributed by atoms with van der Waals surface area (Å²) in [5, 5.41) is 6.99. The van der Waals surface area contributed by atoms with Gasteiger partial charge in [-0.05, 0) is 30.3 Å². The summed E-state index contributed by atoms with van der Waals surface area (Å²) in [4.78, 5) is 12.4. The molecule has 3 N–H and O–H groups in total. The molecule has 6 heteroatoms. The summed E-state index contributed by atoms with van der Waals surface area (Å²) >= 11 is 0. The van der Waals surface area contributed by atoms with Crippen molar-refractivity contribution in [3.8, 4) is 5.69 Å². The number of nitrogens with zero attached hydrogens (tertiary/aromatic N) is 2. The topological polar surface area (TPSA) is 72.9 Å². The Morgan fingerprint density at radius 1 is 1.17 bits per heavy atom. The van der Waals surface area contributed by atoms with Gasteiger partial charge in [0.15, 0.2) is 0 Å². The lowest BCUT2D eigenvalue weighted by Crippen LogP contribution is -2.14. The highest BCUT2D eigenvalue weighted by Crippen LogP contribution is 2.15. The highest BCUT2D eigenvalue weighted by molar-refractivity contribution is 6.05. The summed E-state index contributed by atoms with van der Waals surface area (Å²) < 4.78 is 14.8. The zero-order chi connectivity index (χ0) is 16.2. The molecule has 0 aliphatic rings. The van der Waals surface area contributed by atoms with Crippen molar-refractivity contribution in [3.05, 3.63) is 77.9 Å². The highest BCUT2D eigenvalue weighted by atomic mass is 19.1. The third kappa shape index (κ3) is 3.27. The van der Waals surface area contributed by atoms with Crippen molar-refractivity contribution in [1.29, 1.82) is 0 Å². The van der Waals surface area contributed by atoms with Crippen LogP contribution in [0.4, 0.5) is 10.1 Å². The lowest BCUT2D eigenvalue weighted by atomic mass is 10.2. The smallest absolute Gasteiger partial charge is 0.259 e. The Hall–Kier alpha value is -2.99. The fraction of sp³-hybridized carbons (Fsp3) is 0.0588. The van der Waals surface area contributed by atoms with Crippen LogP contribution in [0.25, 0.3) is 5.69 Å². The number of hydrogen-bond donors (Lipinski definition) is 2. The second-order valence-corrected chi connectivity index (χ2v) is 4.94. The summed E-state index contributed by atoms with van der Waals surface area (Å²) in [6, 6.07) is 15.1. The number of amides is 1. The zero-order valence-corrected chi connectivity index (χ0v) is 12.2. The molecule has 1 heterocycles. The van der Waals surface area contributed by atoms with Crippen LogP contribution in [-0.4, -0.2) is 15.7 Å². The van der Waals surface area contributed by atoms with E-state index in [1.807, 2.05) is 30.3 Å². The van der Waals surface area contributed by atoms with Crippen LogP contribution in [0.3, 0.4) is 0 Å². The lowest BCUT2D eigenvalue weighted by Gasteiger charge is -2.04. The van der Waals surface area contributed by atoms with Crippen LogP contribution < -0.4 is 11.1 Å². The molecular weight excluding hydrogens is 295 g/mol. The summed E-state index contributed by atoms with van der Waals surface area (Å²) in [7, 11) is 0. The summed E-state index contributed by atoms with van der Waals surface area (Å²) in [6.07, 6.45) is 1.62. The highest BCUT2D eigenvalue weighted by Gasteiger charge is 2.16. The number of rotatable bonds is 4. The minimum Gasteiger partial charge on any atom is -0.325 e. The number of benzene rings is 2. The van der Waals surface area contributed by atoms with Gasteiger partial charge in [0.2, 0.25) is 0 Å². The Morgan fingerprint density at radius 2 is 1.96 bits per heavy atom. The number of carbonyl (C=O) groups excluding carboxylic acids is 1. The molecule has 5 nitrogen and oxygen atoms in total. The van der Waals surface area contributed by atoms with Gasteiger partial charge in [0.1, 0.15) is 5.82 Å². The Labute approximate surface area is 132 Å². The van der Waals surface area contributed by atoms with E-state index in [1.54, 1.807) is 16.9 Å². The van der Waals surface area contributed by atoms with Crippen LogP contribution in [-0.2, 0) is 6.54 Å². The molecule has 0 aliphatic carbocycles. The predicted molar refractivity (Wildman–Crippen MR) is 85.8 cm³/mol. The van der Waals surface area contributed by atoms with Crippen molar-refractivity contribution >= 4 is 11.6 Å². The van der Waals surface area contributed by atoms with E-state index in [0.29, 0.717) is 16.9 Å². The number of hydrogen-bond acceptors (Lipinski definition) is 3. The SMILES string of the molecule is NCc1nn(-c2ccccc2)cc1C(=O)Nc1cccc(F)c1. The van der Waals surface area contributed by atoms with Crippen LogP contribution in [0.15, 0.2) is 60.8 Å². The van der Waals surface area contributed by atoms with Gasteiger partial charge in [0.05, 0.1) is 16.9 Å². The van der Waals surface area contributed by atoms with E-state index >= 15 is 0 Å². The van der Waals surface area contributed by atoms with Crippen LogP contribution in [0.5, 0.6) is 0 Å². The maximum absolute atomic E-state index is 13.2. The molecule has 23 heavy (non-hydrogen) atoms. The molecule has 116 valence electrons. The van der Waals surface area contributed by atoms with Gasteiger partial charge in [0.25, 0.3) is 5.91 Å². The number of halogens is 1. The van der Waals surface area contributed by atoms with Gasteiger partial charge in [-0.2, -0.15) is 5.10 Å². The van der Waals surface area contributed by atoms with Crippen molar-refractivity contribution in [2.75, 3.05) is 5.32 Å². The average Bonchev–Trinajstić information content (AvgIpc) is 3.00. The molecular formula is C17H15FN4O. The number of nitrogens with two attached hydrogens (primary N) is 1. The second-order valence-electron chi connectivity index (χ2n) is 4.94. The quantitative estimate of drug-likeness (QED) is 0.778. The van der Waals surface area contributed by atoms with E-state index in [4.69, 9.17) is 5.73 Å². The van der Waals surface area contributed by atoms with Crippen LogP contribution in [0.1, 0.15) is 16.1 Å². The van der Waals surface area contributed by atoms with E-state index in [1.165, 1.54) is 18.2 Å². The molecule has 0 aliphatic heterocycles. The Balaban J connectivity index is 1.90. The maximum Gasteiger partial charge on any atom is 0.259 e. The number of aromatic nitrogens is 2. The molecule has 3 aromatic rings. The van der Waals surface area contributed by atoms with Crippen molar-refractivity contribution in [1.82, 2.24) is 9.78 Å². The first kappa shape index (κ1) is 14.9. The van der Waals surface area contributed by atoms with Crippen molar-refractivity contribution in [3.63, 3.8) is 0 Å². The number of carbonyl (C=O) groups is 1. The third-order valence-corrected chi connectivity index (χ3v) is 3.33. The van der Waals surface area contributed by atoms with Gasteiger partial charge in [0, 0.05) is 18.4 Å². The molecule has 1 aromatic heterocycles. The molecule has 1 amide bonds. The third-order valence-electron chi connectivity index (χ3n) is 3.33. The second kappa shape index (κ2) is 6.41. The average molecular weight is 310 g/mol. The molecule has 0 spiro atoms. The summed E-state index contributed by atoms with van der Waals surface area (Å²) in [5.74, 6) is -0.792. The standard InChI is InChI=1S/C17H15FN4O/c18-12-5-4-6-13(9-12)20-17(23)15-11-22(21-16(15)10-19)14-7-2-1-3-8-14/h1-9,11H,10,19H2,(H,20,23). The van der Waals surface area contributed by atoms with Gasteiger partial charge in [-0.25, -0.2) is 9.07 Å². The zero-order valence-electron chi connectivity index (χ0n) is 12.2. The first-order chi connectivity index (χ1) is 11.2. The lowest BCUT2D eigenvalue weighted by molar-refractivity contribution is 0.102. The molecule has 0 bridgehead atoms. The summed E-state index contributed by atoms with van der Waals surface area (Å²) in [6.45, 7) is 0.131. The normalized spacial score (nSPS) is 10.5. The molecule has 2 aromatic carbocycles. The molecule has 3 rings (SSSR count). The maximum atomic E-state index is 13.2. The Kier molecular flexibility index (Phi) is 4.16. The van der Waals surface area contributed by atoms with E-state index in [0.717, 1.165) is 5.69 Å². The number of para-hydroxylation sites is 1. The predicted octanol–water partition coefficient (Wildman–Crippen LogP) is 2.72. The summed E-state index contributed by atoms with van der Waals surface area (Å²) in [5.41, 5.74) is 7.72. The molecule has 0 fully saturated rings. The fourth-order valence-electron chi connectivity index (χ4n) is 2.23. The van der Waals surface area contributed by atoms with Gasteiger partial charge in [-0.1, -0.05) is 24.3 Å². The first-order valence-corrected chi connectivity index (χ1v) is 7.08. The van der Waals surface area contributed by atoms with Crippen molar-refractivity contribution < 1.29 is 9.18 Å². The molecule has 0 atom stereocenters. The Morgan fingerprint density at radius 3 is 2.65 bits per heavy atom. The van der Waals surface area contributed by atoms with Crippen LogP contribution >= 0.6 is 0 Å². The number of anilines is 1. The molecule has 0 saturated heterocycles. The van der Waals surface area contributed by atoms with Crippen LogP contribution in [0.2, 0.25) is 0 Å².